The first-order chi connectivity index (χ1) is 17.5. The highest BCUT2D eigenvalue weighted by Crippen LogP contribution is 2.31. The van der Waals surface area contributed by atoms with Gasteiger partial charge in [0.2, 0.25) is 5.91 Å². The number of carbonyl (C=O) groups excluding carboxylic acids is 2. The van der Waals surface area contributed by atoms with Crippen LogP contribution in [0.25, 0.3) is 6.08 Å². The van der Waals surface area contributed by atoms with Crippen LogP contribution in [-0.4, -0.2) is 37.0 Å². The van der Waals surface area contributed by atoms with Crippen LogP contribution in [-0.2, 0) is 9.59 Å². The largest absolute Gasteiger partial charge is 0.497 e. The summed E-state index contributed by atoms with van der Waals surface area (Å²) in [6, 6.07) is 23.0. The standard InChI is InChI=1S/C27H22N4O4S/c1-34-22-12-8-18(9-13-22)14-24-26(33)31(21-4-3-5-23(15-21)35-2)27(30-24)36-17-25(32)29-20-10-6-19(16-28)7-11-20/h3-15H,17H2,1-2H3,(H,29,32)/b24-14-. The zero-order valence-electron chi connectivity index (χ0n) is 19.6. The highest BCUT2D eigenvalue weighted by atomic mass is 32.2. The summed E-state index contributed by atoms with van der Waals surface area (Å²) in [6.07, 6.45) is 1.69. The summed E-state index contributed by atoms with van der Waals surface area (Å²) in [7, 11) is 3.14. The number of hydrogen-bond donors (Lipinski definition) is 1. The Morgan fingerprint density at radius 3 is 2.44 bits per heavy atom. The van der Waals surface area contributed by atoms with E-state index in [1.54, 1.807) is 81.0 Å². The maximum absolute atomic E-state index is 13.4. The average molecular weight is 499 g/mol. The van der Waals surface area contributed by atoms with E-state index >= 15 is 0 Å². The molecule has 2 amide bonds. The Hall–Kier alpha value is -4.55. The molecule has 36 heavy (non-hydrogen) atoms. The van der Waals surface area contributed by atoms with E-state index < -0.39 is 0 Å². The van der Waals surface area contributed by atoms with Crippen LogP contribution in [0.4, 0.5) is 11.4 Å². The highest BCUT2D eigenvalue weighted by Gasteiger charge is 2.32. The van der Waals surface area contributed by atoms with Gasteiger partial charge in [-0.25, -0.2) is 4.99 Å². The smallest absolute Gasteiger partial charge is 0.283 e. The van der Waals surface area contributed by atoms with E-state index in [-0.39, 0.29) is 23.3 Å². The van der Waals surface area contributed by atoms with Crippen molar-refractivity contribution in [2.24, 2.45) is 4.99 Å². The molecule has 9 heteroatoms. The van der Waals surface area contributed by atoms with Crippen LogP contribution in [0.3, 0.4) is 0 Å². The number of amidine groups is 1. The fraction of sp³-hybridized carbons (Fsp3) is 0.111. The maximum atomic E-state index is 13.4. The summed E-state index contributed by atoms with van der Waals surface area (Å²) in [5.74, 6) is 0.756. The molecule has 0 saturated heterocycles. The summed E-state index contributed by atoms with van der Waals surface area (Å²) in [5.41, 5.74) is 2.70. The van der Waals surface area contributed by atoms with Crippen molar-refractivity contribution in [1.29, 1.82) is 5.26 Å². The SMILES string of the molecule is COc1ccc(/C=C2\N=C(SCC(=O)Nc3ccc(C#N)cc3)N(c3cccc(OC)c3)C2=O)cc1. The summed E-state index contributed by atoms with van der Waals surface area (Å²) in [4.78, 5) is 32.0. The van der Waals surface area contributed by atoms with Gasteiger partial charge in [-0.2, -0.15) is 5.26 Å². The molecule has 180 valence electrons. The van der Waals surface area contributed by atoms with Crippen LogP contribution in [0.15, 0.2) is 83.5 Å². The van der Waals surface area contributed by atoms with Gasteiger partial charge in [-0.05, 0) is 60.2 Å². The van der Waals surface area contributed by atoms with Gasteiger partial charge in [0, 0.05) is 11.8 Å². The quantitative estimate of drug-likeness (QED) is 0.474. The molecule has 0 atom stereocenters. The number of carbonyl (C=O) groups is 2. The molecule has 1 aliphatic heterocycles. The molecule has 0 spiro atoms. The third kappa shape index (κ3) is 5.74. The predicted octanol–water partition coefficient (Wildman–Crippen LogP) is 4.69. The van der Waals surface area contributed by atoms with Gasteiger partial charge in [0.1, 0.15) is 17.2 Å². The lowest BCUT2D eigenvalue weighted by Crippen LogP contribution is -2.31. The first-order valence-electron chi connectivity index (χ1n) is 10.9. The number of benzene rings is 3. The molecule has 3 aromatic carbocycles. The maximum Gasteiger partial charge on any atom is 0.283 e. The molecule has 8 nitrogen and oxygen atoms in total. The van der Waals surface area contributed by atoms with Crippen molar-refractivity contribution >= 4 is 46.2 Å². The van der Waals surface area contributed by atoms with E-state index in [4.69, 9.17) is 14.7 Å². The molecule has 1 aliphatic rings. The Bertz CT molecular complexity index is 1380. The lowest BCUT2D eigenvalue weighted by Gasteiger charge is -2.18. The van der Waals surface area contributed by atoms with E-state index in [0.717, 1.165) is 17.3 Å². The van der Waals surface area contributed by atoms with Crippen LogP contribution < -0.4 is 19.7 Å². The van der Waals surface area contributed by atoms with Crippen molar-refractivity contribution in [2.45, 2.75) is 0 Å². The first-order valence-corrected chi connectivity index (χ1v) is 11.8. The van der Waals surface area contributed by atoms with Crippen molar-refractivity contribution in [3.63, 3.8) is 0 Å². The summed E-state index contributed by atoms with van der Waals surface area (Å²) < 4.78 is 10.5. The minimum Gasteiger partial charge on any atom is -0.497 e. The van der Waals surface area contributed by atoms with Gasteiger partial charge in [-0.1, -0.05) is 30.0 Å². The molecule has 0 fully saturated rings. The molecule has 1 N–H and O–H groups in total. The van der Waals surface area contributed by atoms with Crippen LogP contribution >= 0.6 is 11.8 Å². The van der Waals surface area contributed by atoms with Crippen LogP contribution in [0.2, 0.25) is 0 Å². The number of hydrogen-bond acceptors (Lipinski definition) is 7. The van der Waals surface area contributed by atoms with Crippen molar-refractivity contribution < 1.29 is 19.1 Å². The van der Waals surface area contributed by atoms with Gasteiger partial charge in [0.25, 0.3) is 5.91 Å². The van der Waals surface area contributed by atoms with Gasteiger partial charge < -0.3 is 14.8 Å². The number of methoxy groups -OCH3 is 2. The minimum absolute atomic E-state index is 0.0302. The molecule has 0 unspecified atom stereocenters. The van der Waals surface area contributed by atoms with E-state index in [0.29, 0.717) is 33.6 Å². The number of aliphatic imine (C=N–C) groups is 1. The average Bonchev–Trinajstić information content (AvgIpc) is 3.22. The van der Waals surface area contributed by atoms with Gasteiger partial charge in [0.15, 0.2) is 5.17 Å². The van der Waals surface area contributed by atoms with Crippen LogP contribution in [0, 0.1) is 11.3 Å². The van der Waals surface area contributed by atoms with Crippen LogP contribution in [0.5, 0.6) is 11.5 Å². The second-order valence-corrected chi connectivity index (χ2v) is 8.51. The number of thioether (sulfide) groups is 1. The first kappa shape index (κ1) is 24.6. The van der Waals surface area contributed by atoms with Crippen molar-refractivity contribution in [3.8, 4) is 17.6 Å². The van der Waals surface area contributed by atoms with Crippen molar-refractivity contribution in [2.75, 3.05) is 30.2 Å². The molecule has 0 radical (unpaired) electrons. The number of amides is 2. The fourth-order valence-electron chi connectivity index (χ4n) is 3.38. The number of nitrogens with zero attached hydrogens (tertiary/aromatic N) is 3. The molecule has 4 rings (SSSR count). The Morgan fingerprint density at radius 2 is 1.78 bits per heavy atom. The summed E-state index contributed by atoms with van der Waals surface area (Å²) in [6.45, 7) is 0. The monoisotopic (exact) mass is 498 g/mol. The Morgan fingerprint density at radius 1 is 1.06 bits per heavy atom. The lowest BCUT2D eigenvalue weighted by molar-refractivity contribution is -0.114. The molecular weight excluding hydrogens is 476 g/mol. The molecular formula is C27H22N4O4S. The normalized spacial score (nSPS) is 13.8. The highest BCUT2D eigenvalue weighted by molar-refractivity contribution is 8.14. The van der Waals surface area contributed by atoms with Gasteiger partial charge in [-0.3, -0.25) is 14.5 Å². The van der Waals surface area contributed by atoms with Crippen LogP contribution in [0.1, 0.15) is 11.1 Å². The third-order valence-corrected chi connectivity index (χ3v) is 6.13. The lowest BCUT2D eigenvalue weighted by atomic mass is 10.2. The molecule has 0 aliphatic carbocycles. The molecule has 1 heterocycles. The zero-order valence-corrected chi connectivity index (χ0v) is 20.4. The van der Waals surface area contributed by atoms with E-state index in [1.807, 2.05) is 18.2 Å². The van der Waals surface area contributed by atoms with Gasteiger partial charge >= 0.3 is 0 Å². The number of ether oxygens (including phenoxy) is 2. The second kappa shape index (κ2) is 11.3. The summed E-state index contributed by atoms with van der Waals surface area (Å²) in [5, 5.41) is 12.1. The van der Waals surface area contributed by atoms with Gasteiger partial charge in [0.05, 0.1) is 37.3 Å². The number of nitriles is 1. The molecule has 3 aromatic rings. The Balaban J connectivity index is 1.56. The molecule has 0 aromatic heterocycles. The zero-order chi connectivity index (χ0) is 25.5. The topological polar surface area (TPSA) is 104 Å². The number of nitrogens with one attached hydrogen (secondary N) is 1. The predicted molar refractivity (Wildman–Crippen MR) is 141 cm³/mol. The number of anilines is 2. The van der Waals surface area contributed by atoms with Crippen molar-refractivity contribution in [3.05, 3.63) is 89.6 Å². The minimum atomic E-state index is -0.311. The second-order valence-electron chi connectivity index (χ2n) is 7.57. The molecule has 0 saturated carbocycles. The Labute approximate surface area is 212 Å². The third-order valence-electron chi connectivity index (χ3n) is 5.19. The van der Waals surface area contributed by atoms with E-state index in [1.165, 1.54) is 4.90 Å². The van der Waals surface area contributed by atoms with E-state index in [2.05, 4.69) is 10.3 Å². The molecule has 0 bridgehead atoms. The van der Waals surface area contributed by atoms with Crippen molar-refractivity contribution in [1.82, 2.24) is 0 Å². The number of rotatable bonds is 7. The fourth-order valence-corrected chi connectivity index (χ4v) is 4.20. The summed E-state index contributed by atoms with van der Waals surface area (Å²) >= 11 is 1.15. The Kier molecular flexibility index (Phi) is 7.68. The van der Waals surface area contributed by atoms with E-state index in [9.17, 15) is 9.59 Å². The van der Waals surface area contributed by atoms with Gasteiger partial charge in [-0.15, -0.1) is 0 Å².